The molecule has 1 unspecified atom stereocenters. The number of fused-ring (bicyclic) bond motifs is 1. The van der Waals surface area contributed by atoms with Crippen LogP contribution in [0.3, 0.4) is 0 Å². The molecule has 0 fully saturated rings. The average molecular weight is 285 g/mol. The van der Waals surface area contributed by atoms with Crippen molar-refractivity contribution in [2.24, 2.45) is 5.73 Å². The van der Waals surface area contributed by atoms with Crippen molar-refractivity contribution in [2.75, 3.05) is 20.3 Å². The van der Waals surface area contributed by atoms with Gasteiger partial charge in [0.15, 0.2) is 0 Å². The van der Waals surface area contributed by atoms with Crippen LogP contribution in [0.25, 0.3) is 0 Å². The molecule has 0 aliphatic carbocycles. The highest BCUT2D eigenvalue weighted by atomic mass is 16.5. The topological polar surface area (TPSA) is 53.7 Å². The van der Waals surface area contributed by atoms with Crippen LogP contribution in [0.2, 0.25) is 0 Å². The van der Waals surface area contributed by atoms with E-state index in [-0.39, 0.29) is 5.92 Å². The number of ether oxygens (including phenoxy) is 3. The van der Waals surface area contributed by atoms with E-state index in [4.69, 9.17) is 19.9 Å². The van der Waals surface area contributed by atoms with Crippen molar-refractivity contribution in [3.05, 3.63) is 53.6 Å². The van der Waals surface area contributed by atoms with Gasteiger partial charge in [-0.3, -0.25) is 0 Å². The Kier molecular flexibility index (Phi) is 3.97. The zero-order chi connectivity index (χ0) is 14.7. The number of para-hydroxylation sites is 1. The molecule has 0 radical (unpaired) electrons. The van der Waals surface area contributed by atoms with Crippen molar-refractivity contribution < 1.29 is 14.2 Å². The quantitative estimate of drug-likeness (QED) is 0.917. The van der Waals surface area contributed by atoms with E-state index in [0.29, 0.717) is 19.8 Å². The zero-order valence-corrected chi connectivity index (χ0v) is 12.0. The third-order valence-electron chi connectivity index (χ3n) is 3.73. The normalized spacial score (nSPS) is 16.2. The van der Waals surface area contributed by atoms with Gasteiger partial charge in [-0.25, -0.2) is 0 Å². The van der Waals surface area contributed by atoms with Gasteiger partial charge < -0.3 is 19.9 Å². The molecule has 0 saturated carbocycles. The van der Waals surface area contributed by atoms with Gasteiger partial charge in [0.05, 0.1) is 26.2 Å². The fourth-order valence-corrected chi connectivity index (χ4v) is 2.54. The molecular weight excluding hydrogens is 266 g/mol. The largest absolute Gasteiger partial charge is 0.497 e. The molecule has 2 aromatic carbocycles. The third kappa shape index (κ3) is 2.81. The summed E-state index contributed by atoms with van der Waals surface area (Å²) >= 11 is 0. The summed E-state index contributed by atoms with van der Waals surface area (Å²) in [5.41, 5.74) is 7.93. The van der Waals surface area contributed by atoms with Gasteiger partial charge >= 0.3 is 0 Å². The van der Waals surface area contributed by atoms with Gasteiger partial charge in [-0.2, -0.15) is 0 Å². The second-order valence-electron chi connectivity index (χ2n) is 5.03. The highest BCUT2D eigenvalue weighted by Gasteiger charge is 2.24. The molecule has 3 rings (SSSR count). The highest BCUT2D eigenvalue weighted by molar-refractivity contribution is 5.42. The first-order valence-electron chi connectivity index (χ1n) is 7.03. The van der Waals surface area contributed by atoms with Gasteiger partial charge in [-0.05, 0) is 24.3 Å². The van der Waals surface area contributed by atoms with E-state index in [0.717, 1.165) is 22.8 Å². The fraction of sp³-hybridized carbons (Fsp3) is 0.294. The first kappa shape index (κ1) is 13.8. The van der Waals surface area contributed by atoms with Crippen LogP contribution in [0.1, 0.15) is 17.0 Å². The van der Waals surface area contributed by atoms with Gasteiger partial charge in [0.2, 0.25) is 0 Å². The van der Waals surface area contributed by atoms with Crippen LogP contribution in [-0.4, -0.2) is 20.3 Å². The Balaban J connectivity index is 1.71. The van der Waals surface area contributed by atoms with Crippen molar-refractivity contribution >= 4 is 0 Å². The number of hydrogen-bond donors (Lipinski definition) is 1. The van der Waals surface area contributed by atoms with Crippen molar-refractivity contribution in [2.45, 2.75) is 12.5 Å². The number of rotatable bonds is 5. The second-order valence-corrected chi connectivity index (χ2v) is 5.03. The molecule has 1 aliphatic heterocycles. The summed E-state index contributed by atoms with van der Waals surface area (Å²) in [5, 5.41) is 0. The molecule has 2 aromatic rings. The monoisotopic (exact) mass is 285 g/mol. The van der Waals surface area contributed by atoms with Gasteiger partial charge in [0.1, 0.15) is 17.2 Å². The molecule has 1 atom stereocenters. The number of hydrogen-bond acceptors (Lipinski definition) is 4. The molecule has 0 saturated heterocycles. The molecule has 4 nitrogen and oxygen atoms in total. The summed E-state index contributed by atoms with van der Waals surface area (Å²) < 4.78 is 16.8. The van der Waals surface area contributed by atoms with Gasteiger partial charge in [-0.1, -0.05) is 18.2 Å². The van der Waals surface area contributed by atoms with E-state index in [1.807, 2.05) is 36.4 Å². The first-order chi connectivity index (χ1) is 10.3. The predicted octanol–water partition coefficient (Wildman–Crippen LogP) is 2.71. The maximum absolute atomic E-state index is 5.95. The fourth-order valence-electron chi connectivity index (χ4n) is 2.54. The number of nitrogens with two attached hydrogens (primary N) is 1. The Labute approximate surface area is 124 Å². The van der Waals surface area contributed by atoms with Crippen LogP contribution in [0.5, 0.6) is 17.2 Å². The van der Waals surface area contributed by atoms with Crippen molar-refractivity contribution in [3.8, 4) is 17.2 Å². The lowest BCUT2D eigenvalue weighted by Gasteiger charge is -2.14. The van der Waals surface area contributed by atoms with Crippen LogP contribution >= 0.6 is 0 Å². The molecule has 1 aliphatic rings. The molecule has 4 heteroatoms. The molecule has 0 aromatic heterocycles. The van der Waals surface area contributed by atoms with E-state index in [1.54, 1.807) is 7.11 Å². The van der Waals surface area contributed by atoms with E-state index in [1.165, 1.54) is 5.56 Å². The number of benzene rings is 2. The van der Waals surface area contributed by atoms with E-state index < -0.39 is 0 Å². The molecule has 110 valence electrons. The van der Waals surface area contributed by atoms with Crippen LogP contribution in [-0.2, 0) is 6.54 Å². The first-order valence-corrected chi connectivity index (χ1v) is 7.03. The van der Waals surface area contributed by atoms with Crippen LogP contribution < -0.4 is 19.9 Å². The SMILES string of the molecule is COc1ccc(OCC2COc3ccccc32)c(CN)c1. The van der Waals surface area contributed by atoms with Crippen LogP contribution in [0.4, 0.5) is 0 Å². The van der Waals surface area contributed by atoms with Gasteiger partial charge in [0, 0.05) is 17.7 Å². The van der Waals surface area contributed by atoms with Crippen molar-refractivity contribution in [1.29, 1.82) is 0 Å². The Morgan fingerprint density at radius 3 is 2.90 bits per heavy atom. The minimum absolute atomic E-state index is 0.258. The Bertz CT molecular complexity index is 627. The third-order valence-corrected chi connectivity index (χ3v) is 3.73. The number of methoxy groups -OCH3 is 1. The molecule has 1 heterocycles. The Morgan fingerprint density at radius 2 is 2.10 bits per heavy atom. The van der Waals surface area contributed by atoms with Crippen molar-refractivity contribution in [1.82, 2.24) is 0 Å². The highest BCUT2D eigenvalue weighted by Crippen LogP contribution is 2.34. The molecular formula is C17H19NO3. The summed E-state index contributed by atoms with van der Waals surface area (Å²) in [6, 6.07) is 13.8. The summed E-state index contributed by atoms with van der Waals surface area (Å²) in [4.78, 5) is 0. The van der Waals surface area contributed by atoms with Crippen molar-refractivity contribution in [3.63, 3.8) is 0 Å². The second kappa shape index (κ2) is 6.06. The van der Waals surface area contributed by atoms with Crippen LogP contribution in [0, 0.1) is 0 Å². The smallest absolute Gasteiger partial charge is 0.124 e. The maximum atomic E-state index is 5.95. The molecule has 0 amide bonds. The van der Waals surface area contributed by atoms with E-state index in [2.05, 4.69) is 6.07 Å². The summed E-state index contributed by atoms with van der Waals surface area (Å²) in [7, 11) is 1.64. The lowest BCUT2D eigenvalue weighted by atomic mass is 10.0. The molecule has 0 spiro atoms. The van der Waals surface area contributed by atoms with Crippen LogP contribution in [0.15, 0.2) is 42.5 Å². The van der Waals surface area contributed by atoms with Gasteiger partial charge in [-0.15, -0.1) is 0 Å². The maximum Gasteiger partial charge on any atom is 0.124 e. The van der Waals surface area contributed by atoms with E-state index in [9.17, 15) is 0 Å². The molecule has 0 bridgehead atoms. The average Bonchev–Trinajstić information content (AvgIpc) is 2.96. The molecule has 21 heavy (non-hydrogen) atoms. The van der Waals surface area contributed by atoms with E-state index >= 15 is 0 Å². The standard InChI is InChI=1S/C17H19NO3/c1-19-14-6-7-16(12(8-14)9-18)20-10-13-11-21-17-5-3-2-4-15(13)17/h2-8,13H,9-11,18H2,1H3. The summed E-state index contributed by atoms with van der Waals surface area (Å²) in [6.07, 6.45) is 0. The Hall–Kier alpha value is -2.20. The minimum Gasteiger partial charge on any atom is -0.497 e. The lowest BCUT2D eigenvalue weighted by Crippen LogP contribution is -2.13. The zero-order valence-electron chi connectivity index (χ0n) is 12.0. The predicted molar refractivity (Wildman–Crippen MR) is 81.1 cm³/mol. The minimum atomic E-state index is 0.258. The lowest BCUT2D eigenvalue weighted by molar-refractivity contribution is 0.246. The Morgan fingerprint density at radius 1 is 1.24 bits per heavy atom. The van der Waals surface area contributed by atoms with Gasteiger partial charge in [0.25, 0.3) is 0 Å². The summed E-state index contributed by atoms with van der Waals surface area (Å²) in [6.45, 7) is 1.66. The summed E-state index contributed by atoms with van der Waals surface area (Å²) in [5.74, 6) is 2.81. The molecule has 2 N–H and O–H groups in total.